The van der Waals surface area contributed by atoms with Crippen molar-refractivity contribution in [1.29, 1.82) is 0 Å². The van der Waals surface area contributed by atoms with Crippen molar-refractivity contribution >= 4 is 39.7 Å². The van der Waals surface area contributed by atoms with Crippen LogP contribution in [0.1, 0.15) is 62.0 Å². The Morgan fingerprint density at radius 1 is 1.11 bits per heavy atom. The third-order valence-corrected chi connectivity index (χ3v) is 8.29. The first-order chi connectivity index (χ1) is 17.9. The zero-order valence-electron chi connectivity index (χ0n) is 21.2. The van der Waals surface area contributed by atoms with E-state index in [1.165, 1.54) is 18.1 Å². The number of aromatic amines is 1. The maximum atomic E-state index is 12.6. The molecule has 6 rings (SSSR count). The summed E-state index contributed by atoms with van der Waals surface area (Å²) in [4.78, 5) is 34.4. The molecule has 0 spiro atoms. The molecule has 0 radical (unpaired) electrons. The van der Waals surface area contributed by atoms with Crippen LogP contribution in [0.2, 0.25) is 0 Å². The number of hydrogen-bond donors (Lipinski definition) is 2. The number of nitrogens with zero attached hydrogens (tertiary/aromatic N) is 3. The summed E-state index contributed by atoms with van der Waals surface area (Å²) in [6, 6.07) is 12.9. The molecule has 192 valence electrons. The number of carboxylic acid groups (broad SMARTS) is 1. The number of anilines is 1. The number of aromatic nitrogens is 3. The van der Waals surface area contributed by atoms with Crippen LogP contribution in [0, 0.1) is 5.92 Å². The first kappa shape index (κ1) is 23.6. The first-order valence-electron chi connectivity index (χ1n) is 13.1. The van der Waals surface area contributed by atoms with E-state index in [0.29, 0.717) is 19.3 Å². The van der Waals surface area contributed by atoms with Crippen LogP contribution in [0.4, 0.5) is 10.5 Å². The second-order valence-electron chi connectivity index (χ2n) is 10.5. The van der Waals surface area contributed by atoms with Crippen molar-refractivity contribution in [3.05, 3.63) is 59.5 Å². The van der Waals surface area contributed by atoms with Crippen molar-refractivity contribution in [2.75, 3.05) is 12.0 Å². The molecule has 8 heteroatoms. The lowest BCUT2D eigenvalue weighted by Gasteiger charge is -2.34. The van der Waals surface area contributed by atoms with Gasteiger partial charge in [-0.25, -0.2) is 9.78 Å². The number of imidazole rings is 1. The number of benzene rings is 2. The van der Waals surface area contributed by atoms with E-state index in [4.69, 9.17) is 9.72 Å². The maximum absolute atomic E-state index is 12.6. The highest BCUT2D eigenvalue weighted by Crippen LogP contribution is 2.40. The van der Waals surface area contributed by atoms with E-state index in [-0.39, 0.29) is 24.1 Å². The molecule has 1 aliphatic carbocycles. The highest BCUT2D eigenvalue weighted by atomic mass is 16.5. The summed E-state index contributed by atoms with van der Waals surface area (Å²) in [6.07, 6.45) is 6.95. The van der Waals surface area contributed by atoms with Crippen LogP contribution in [0.3, 0.4) is 0 Å². The second kappa shape index (κ2) is 9.25. The number of carbonyl (C=O) groups excluding carboxylic acids is 1. The molecule has 1 amide bonds. The number of aryl methyl sites for hydroxylation is 1. The van der Waals surface area contributed by atoms with Crippen LogP contribution in [0.5, 0.6) is 0 Å². The average Bonchev–Trinajstić information content (AvgIpc) is 3.52. The number of amides is 1. The molecule has 1 atom stereocenters. The summed E-state index contributed by atoms with van der Waals surface area (Å²) in [7, 11) is 1.42. The number of methoxy groups -OCH3 is 1. The summed E-state index contributed by atoms with van der Waals surface area (Å²) in [5.74, 6) is 0.0219. The van der Waals surface area contributed by atoms with Crippen molar-refractivity contribution in [3.8, 4) is 0 Å². The quantitative estimate of drug-likeness (QED) is 0.367. The summed E-state index contributed by atoms with van der Waals surface area (Å²) in [5.41, 5.74) is 6.25. The molecule has 0 saturated heterocycles. The Balaban J connectivity index is 1.46. The summed E-state index contributed by atoms with van der Waals surface area (Å²) in [6.45, 7) is 2.05. The zero-order valence-corrected chi connectivity index (χ0v) is 21.2. The van der Waals surface area contributed by atoms with E-state index < -0.39 is 5.97 Å². The summed E-state index contributed by atoms with van der Waals surface area (Å²) < 4.78 is 7.46. The second-order valence-corrected chi connectivity index (χ2v) is 10.5. The fourth-order valence-corrected chi connectivity index (χ4v) is 6.33. The molecule has 0 unspecified atom stereocenters. The lowest BCUT2D eigenvalue weighted by atomic mass is 9.85. The fraction of sp³-hybridized carbons (Fsp3) is 0.414. The number of nitrogens with one attached hydrogen (secondary N) is 1. The number of ether oxygens (including phenoxy) is 1. The van der Waals surface area contributed by atoms with E-state index in [1.807, 2.05) is 19.2 Å². The van der Waals surface area contributed by atoms with E-state index >= 15 is 0 Å². The zero-order chi connectivity index (χ0) is 25.7. The van der Waals surface area contributed by atoms with Crippen LogP contribution in [-0.2, 0) is 22.4 Å². The molecule has 1 fully saturated rings. The lowest BCUT2D eigenvalue weighted by molar-refractivity contribution is -0.143. The maximum Gasteiger partial charge on any atom is 0.414 e. The minimum atomic E-state index is -0.694. The third kappa shape index (κ3) is 4.04. The lowest BCUT2D eigenvalue weighted by Crippen LogP contribution is -2.42. The van der Waals surface area contributed by atoms with Gasteiger partial charge in [0.2, 0.25) is 0 Å². The molecule has 3 heterocycles. The minimum absolute atomic E-state index is 0.0540. The smallest absolute Gasteiger partial charge is 0.414 e. The van der Waals surface area contributed by atoms with E-state index in [2.05, 4.69) is 39.9 Å². The van der Waals surface area contributed by atoms with Gasteiger partial charge in [0.1, 0.15) is 5.82 Å². The summed E-state index contributed by atoms with van der Waals surface area (Å²) >= 11 is 0. The van der Waals surface area contributed by atoms with Crippen molar-refractivity contribution in [1.82, 2.24) is 14.5 Å². The molecular weight excluding hydrogens is 468 g/mol. The van der Waals surface area contributed by atoms with Gasteiger partial charge in [-0.1, -0.05) is 6.07 Å². The molecule has 2 aromatic carbocycles. The monoisotopic (exact) mass is 500 g/mol. The molecule has 2 aromatic heterocycles. The molecule has 1 saturated carbocycles. The average molecular weight is 501 g/mol. The van der Waals surface area contributed by atoms with Gasteiger partial charge in [0.25, 0.3) is 0 Å². The molecule has 2 aliphatic rings. The predicted octanol–water partition coefficient (Wildman–Crippen LogP) is 5.83. The Labute approximate surface area is 215 Å². The molecule has 37 heavy (non-hydrogen) atoms. The van der Waals surface area contributed by atoms with Crippen LogP contribution in [0.25, 0.3) is 21.9 Å². The largest absolute Gasteiger partial charge is 0.481 e. The number of fused-ring (bicyclic) bond motifs is 4. The van der Waals surface area contributed by atoms with Gasteiger partial charge in [-0.05, 0) is 86.7 Å². The minimum Gasteiger partial charge on any atom is -0.481 e. The Bertz CT molecular complexity index is 1490. The van der Waals surface area contributed by atoms with Crippen molar-refractivity contribution in [2.24, 2.45) is 5.92 Å². The Hall–Kier alpha value is -3.81. The van der Waals surface area contributed by atoms with Crippen LogP contribution in [0.15, 0.2) is 42.6 Å². The molecule has 1 aliphatic heterocycles. The van der Waals surface area contributed by atoms with Crippen LogP contribution >= 0.6 is 0 Å². The number of rotatable bonds is 4. The molecule has 0 bridgehead atoms. The van der Waals surface area contributed by atoms with Crippen molar-refractivity contribution < 1.29 is 19.4 Å². The van der Waals surface area contributed by atoms with E-state index in [9.17, 15) is 14.7 Å². The van der Waals surface area contributed by atoms with Gasteiger partial charge in [-0.3, -0.25) is 9.69 Å². The Kier molecular flexibility index (Phi) is 5.89. The number of aliphatic carboxylic acids is 1. The van der Waals surface area contributed by atoms with Crippen LogP contribution in [-0.4, -0.2) is 44.9 Å². The fourth-order valence-electron chi connectivity index (χ4n) is 6.33. The molecular formula is C29H32N4O4. The number of carboxylic acids is 1. The topological polar surface area (TPSA) is 100 Å². The molecule has 2 N–H and O–H groups in total. The molecule has 4 aromatic rings. The van der Waals surface area contributed by atoms with Gasteiger partial charge in [0, 0.05) is 35.8 Å². The van der Waals surface area contributed by atoms with Gasteiger partial charge in [0.05, 0.1) is 29.7 Å². The predicted molar refractivity (Wildman–Crippen MR) is 142 cm³/mol. The van der Waals surface area contributed by atoms with Gasteiger partial charge < -0.3 is 19.4 Å². The van der Waals surface area contributed by atoms with E-state index in [1.54, 1.807) is 4.90 Å². The van der Waals surface area contributed by atoms with Gasteiger partial charge in [-0.2, -0.15) is 0 Å². The van der Waals surface area contributed by atoms with Crippen molar-refractivity contribution in [2.45, 2.75) is 64.0 Å². The van der Waals surface area contributed by atoms with E-state index in [0.717, 1.165) is 59.3 Å². The van der Waals surface area contributed by atoms with Crippen molar-refractivity contribution in [3.63, 3.8) is 0 Å². The Morgan fingerprint density at radius 3 is 2.68 bits per heavy atom. The number of H-pyrrole nitrogens is 1. The molecule has 8 nitrogen and oxygen atoms in total. The number of carbonyl (C=O) groups is 2. The Morgan fingerprint density at radius 2 is 1.92 bits per heavy atom. The van der Waals surface area contributed by atoms with Crippen LogP contribution < -0.4 is 4.90 Å². The van der Waals surface area contributed by atoms with Gasteiger partial charge in [0.15, 0.2) is 0 Å². The summed E-state index contributed by atoms with van der Waals surface area (Å²) in [5, 5.41) is 10.7. The number of hydrogen-bond acceptors (Lipinski definition) is 4. The first-order valence-corrected chi connectivity index (χ1v) is 13.1. The van der Waals surface area contributed by atoms with Gasteiger partial charge >= 0.3 is 12.1 Å². The highest BCUT2D eigenvalue weighted by Gasteiger charge is 2.33. The highest BCUT2D eigenvalue weighted by molar-refractivity contribution is 5.95. The van der Waals surface area contributed by atoms with Gasteiger partial charge in [-0.15, -0.1) is 0 Å². The third-order valence-electron chi connectivity index (χ3n) is 8.29. The SMILES string of the molecule is COC(=O)N1c2ccc3c(nc(Cc4ccc5[nH]ccc5c4)n3C3CCC(C(=O)O)CC3)c2CC[C@@H]1C. The standard InChI is InChI=1S/C29H32N4O4/c1-17-3-9-22-24(32(17)29(36)37-2)11-12-25-27(22)31-26(16-18-4-10-23-20(15-18)13-14-30-23)33(25)21-7-5-19(6-8-21)28(34)35/h4,10-15,17,19,21,30H,3,5-9,16H2,1-2H3,(H,34,35)/t17-,19?,21?/m0/s1. The normalized spacial score (nSPS) is 21.8.